The van der Waals surface area contributed by atoms with Crippen LogP contribution in [0, 0.1) is 13.8 Å². The first-order chi connectivity index (χ1) is 7.63. The number of nitrogens with zero attached hydrogens (tertiary/aromatic N) is 3. The second-order valence-electron chi connectivity index (χ2n) is 3.61. The van der Waals surface area contributed by atoms with Crippen molar-refractivity contribution in [3.8, 4) is 5.69 Å². The number of nitrogens with two attached hydrogens (primary N) is 1. The van der Waals surface area contributed by atoms with Gasteiger partial charge in [-0.3, -0.25) is 4.98 Å². The Kier molecular flexibility index (Phi) is 2.94. The third-order valence-electron chi connectivity index (χ3n) is 2.47. The van der Waals surface area contributed by atoms with E-state index in [-0.39, 0.29) is 0 Å². The van der Waals surface area contributed by atoms with Gasteiger partial charge in [-0.25, -0.2) is 4.68 Å². The van der Waals surface area contributed by atoms with E-state index in [0.29, 0.717) is 11.6 Å². The van der Waals surface area contributed by atoms with Gasteiger partial charge in [-0.1, -0.05) is 11.6 Å². The highest BCUT2D eigenvalue weighted by Crippen LogP contribution is 2.21. The van der Waals surface area contributed by atoms with Crippen LogP contribution in [0.25, 0.3) is 5.69 Å². The fraction of sp³-hybridized carbons (Fsp3) is 0.273. The molecule has 0 spiro atoms. The van der Waals surface area contributed by atoms with Gasteiger partial charge < -0.3 is 5.73 Å². The molecule has 16 heavy (non-hydrogen) atoms. The van der Waals surface area contributed by atoms with Crippen molar-refractivity contribution in [1.29, 1.82) is 0 Å². The van der Waals surface area contributed by atoms with Gasteiger partial charge in [-0.2, -0.15) is 5.10 Å². The Labute approximate surface area is 99.1 Å². The number of rotatable bonds is 2. The molecule has 0 aromatic carbocycles. The molecule has 4 nitrogen and oxygen atoms in total. The third kappa shape index (κ3) is 1.81. The van der Waals surface area contributed by atoms with Crippen LogP contribution >= 0.6 is 11.6 Å². The number of aryl methyl sites for hydroxylation is 1. The summed E-state index contributed by atoms with van der Waals surface area (Å²) in [7, 11) is 0. The summed E-state index contributed by atoms with van der Waals surface area (Å²) in [5, 5.41) is 5.05. The Balaban J connectivity index is 2.46. The fourth-order valence-corrected chi connectivity index (χ4v) is 1.66. The molecule has 0 saturated heterocycles. The minimum Gasteiger partial charge on any atom is -0.325 e. The molecule has 84 valence electrons. The van der Waals surface area contributed by atoms with Crippen molar-refractivity contribution in [2.24, 2.45) is 5.73 Å². The standard InChI is InChI=1S/C11H13ClN4/c1-7-11(12)8(2)16(15-7)10-4-3-9(5-13)14-6-10/h3-4,6H,5,13H2,1-2H3. The molecule has 0 amide bonds. The maximum absolute atomic E-state index is 6.08. The summed E-state index contributed by atoms with van der Waals surface area (Å²) >= 11 is 6.08. The molecule has 0 radical (unpaired) electrons. The van der Waals surface area contributed by atoms with Gasteiger partial charge in [0.25, 0.3) is 0 Å². The Morgan fingerprint density at radius 2 is 2.12 bits per heavy atom. The van der Waals surface area contributed by atoms with E-state index in [2.05, 4.69) is 10.1 Å². The van der Waals surface area contributed by atoms with Gasteiger partial charge in [-0.05, 0) is 26.0 Å². The summed E-state index contributed by atoms with van der Waals surface area (Å²) in [5.41, 5.74) is 8.98. The molecule has 0 aliphatic rings. The summed E-state index contributed by atoms with van der Waals surface area (Å²) in [6.07, 6.45) is 1.75. The summed E-state index contributed by atoms with van der Waals surface area (Å²) in [6, 6.07) is 3.82. The second kappa shape index (κ2) is 4.23. The highest BCUT2D eigenvalue weighted by molar-refractivity contribution is 6.31. The van der Waals surface area contributed by atoms with Crippen LogP contribution in [0.2, 0.25) is 5.02 Å². The van der Waals surface area contributed by atoms with Crippen LogP contribution in [-0.2, 0) is 6.54 Å². The Morgan fingerprint density at radius 1 is 1.38 bits per heavy atom. The van der Waals surface area contributed by atoms with E-state index in [9.17, 15) is 0 Å². The first-order valence-corrected chi connectivity index (χ1v) is 5.38. The number of halogens is 1. The van der Waals surface area contributed by atoms with Crippen LogP contribution in [0.1, 0.15) is 17.1 Å². The van der Waals surface area contributed by atoms with E-state index in [1.165, 1.54) is 0 Å². The average molecular weight is 237 g/mol. The van der Waals surface area contributed by atoms with Crippen molar-refractivity contribution >= 4 is 11.6 Å². The van der Waals surface area contributed by atoms with E-state index in [0.717, 1.165) is 22.8 Å². The van der Waals surface area contributed by atoms with Crippen LogP contribution in [0.5, 0.6) is 0 Å². The summed E-state index contributed by atoms with van der Waals surface area (Å²) in [6.45, 7) is 4.25. The second-order valence-corrected chi connectivity index (χ2v) is 3.99. The summed E-state index contributed by atoms with van der Waals surface area (Å²) in [4.78, 5) is 4.22. The molecule has 0 unspecified atom stereocenters. The molecular weight excluding hydrogens is 224 g/mol. The van der Waals surface area contributed by atoms with Crippen LogP contribution in [0.3, 0.4) is 0 Å². The van der Waals surface area contributed by atoms with E-state index >= 15 is 0 Å². The Bertz CT molecular complexity index is 501. The lowest BCUT2D eigenvalue weighted by atomic mass is 10.3. The maximum Gasteiger partial charge on any atom is 0.0848 e. The van der Waals surface area contributed by atoms with Crippen LogP contribution in [-0.4, -0.2) is 14.8 Å². The zero-order valence-electron chi connectivity index (χ0n) is 9.24. The van der Waals surface area contributed by atoms with Gasteiger partial charge >= 0.3 is 0 Å². The highest BCUT2D eigenvalue weighted by Gasteiger charge is 2.10. The SMILES string of the molecule is Cc1nn(-c2ccc(CN)nc2)c(C)c1Cl. The van der Waals surface area contributed by atoms with Gasteiger partial charge in [0.1, 0.15) is 0 Å². The lowest BCUT2D eigenvalue weighted by Gasteiger charge is -2.04. The van der Waals surface area contributed by atoms with Crippen molar-refractivity contribution in [3.05, 3.63) is 40.4 Å². The zero-order chi connectivity index (χ0) is 11.7. The predicted octanol–water partition coefficient (Wildman–Crippen LogP) is 2.00. The van der Waals surface area contributed by atoms with E-state index in [1.54, 1.807) is 10.9 Å². The quantitative estimate of drug-likeness (QED) is 0.868. The third-order valence-corrected chi connectivity index (χ3v) is 3.01. The summed E-state index contributed by atoms with van der Waals surface area (Å²) < 4.78 is 1.78. The molecule has 2 aromatic heterocycles. The van der Waals surface area contributed by atoms with Crippen molar-refractivity contribution in [1.82, 2.24) is 14.8 Å². The fourth-order valence-electron chi connectivity index (χ4n) is 1.54. The van der Waals surface area contributed by atoms with Gasteiger partial charge in [0, 0.05) is 6.54 Å². The molecule has 0 saturated carbocycles. The molecule has 2 aromatic rings. The van der Waals surface area contributed by atoms with Crippen LogP contribution in [0.15, 0.2) is 18.3 Å². The Hall–Kier alpha value is -1.39. The number of hydrogen-bond donors (Lipinski definition) is 1. The smallest absolute Gasteiger partial charge is 0.0848 e. The molecule has 0 atom stereocenters. The molecule has 0 bridgehead atoms. The average Bonchev–Trinajstić information content (AvgIpc) is 2.57. The summed E-state index contributed by atoms with van der Waals surface area (Å²) in [5.74, 6) is 0. The van der Waals surface area contributed by atoms with E-state index in [1.807, 2.05) is 26.0 Å². The van der Waals surface area contributed by atoms with Crippen molar-refractivity contribution < 1.29 is 0 Å². The lowest BCUT2D eigenvalue weighted by Crippen LogP contribution is -2.03. The molecule has 0 fully saturated rings. The molecule has 5 heteroatoms. The number of aromatic nitrogens is 3. The van der Waals surface area contributed by atoms with Crippen molar-refractivity contribution in [2.45, 2.75) is 20.4 Å². The molecule has 2 heterocycles. The predicted molar refractivity (Wildman–Crippen MR) is 63.7 cm³/mol. The van der Waals surface area contributed by atoms with Gasteiger partial charge in [0.15, 0.2) is 0 Å². The monoisotopic (exact) mass is 236 g/mol. The van der Waals surface area contributed by atoms with Gasteiger partial charge in [-0.15, -0.1) is 0 Å². The topological polar surface area (TPSA) is 56.7 Å². The molecule has 2 rings (SSSR count). The number of hydrogen-bond acceptors (Lipinski definition) is 3. The largest absolute Gasteiger partial charge is 0.325 e. The molecule has 2 N–H and O–H groups in total. The minimum atomic E-state index is 0.443. The maximum atomic E-state index is 6.08. The van der Waals surface area contributed by atoms with Crippen molar-refractivity contribution in [2.75, 3.05) is 0 Å². The first-order valence-electron chi connectivity index (χ1n) is 5.00. The Morgan fingerprint density at radius 3 is 2.56 bits per heavy atom. The molecule has 0 aliphatic carbocycles. The van der Waals surface area contributed by atoms with Gasteiger partial charge in [0.05, 0.1) is 34.0 Å². The van der Waals surface area contributed by atoms with Crippen LogP contribution < -0.4 is 5.73 Å². The van der Waals surface area contributed by atoms with Gasteiger partial charge in [0.2, 0.25) is 0 Å². The first kappa shape index (κ1) is 11.1. The highest BCUT2D eigenvalue weighted by atomic mass is 35.5. The normalized spacial score (nSPS) is 10.8. The lowest BCUT2D eigenvalue weighted by molar-refractivity contribution is 0.824. The molecular formula is C11H13ClN4. The number of pyridine rings is 1. The van der Waals surface area contributed by atoms with E-state index in [4.69, 9.17) is 17.3 Å². The minimum absolute atomic E-state index is 0.443. The molecule has 0 aliphatic heterocycles. The zero-order valence-corrected chi connectivity index (χ0v) is 9.99. The van der Waals surface area contributed by atoms with Crippen LogP contribution in [0.4, 0.5) is 0 Å². The van der Waals surface area contributed by atoms with Crippen molar-refractivity contribution in [3.63, 3.8) is 0 Å². The van der Waals surface area contributed by atoms with E-state index < -0.39 is 0 Å².